The summed E-state index contributed by atoms with van der Waals surface area (Å²) in [6.45, 7) is 12.8. The van der Waals surface area contributed by atoms with E-state index in [0.29, 0.717) is 0 Å². The third-order valence-electron chi connectivity index (χ3n) is 1.32. The van der Waals surface area contributed by atoms with E-state index in [9.17, 15) is 0 Å². The van der Waals surface area contributed by atoms with Crippen LogP contribution in [0.2, 0.25) is 0 Å². The summed E-state index contributed by atoms with van der Waals surface area (Å²) in [6.07, 6.45) is 0. The van der Waals surface area contributed by atoms with Gasteiger partial charge in [0.2, 0.25) is 0 Å². The van der Waals surface area contributed by atoms with Crippen molar-refractivity contribution in [3.05, 3.63) is 12.2 Å². The molecule has 0 N–H and O–H groups in total. The first-order chi connectivity index (χ1) is 4.04. The van der Waals surface area contributed by atoms with Crippen molar-refractivity contribution >= 4 is 8.58 Å². The molecule has 0 heterocycles. The highest BCUT2D eigenvalue weighted by Gasteiger charge is 2.03. The van der Waals surface area contributed by atoms with Crippen molar-refractivity contribution in [2.45, 2.75) is 39.0 Å². The molecular formula is C8H17P. The average Bonchev–Trinajstić information content (AvgIpc) is 1.63. The van der Waals surface area contributed by atoms with Crippen molar-refractivity contribution in [1.29, 1.82) is 0 Å². The van der Waals surface area contributed by atoms with Crippen molar-refractivity contribution in [3.63, 3.8) is 0 Å². The van der Waals surface area contributed by atoms with Crippen LogP contribution in [0.1, 0.15) is 27.7 Å². The van der Waals surface area contributed by atoms with Gasteiger partial charge in [0.05, 0.1) is 0 Å². The van der Waals surface area contributed by atoms with Crippen LogP contribution in [0.4, 0.5) is 0 Å². The third-order valence-corrected chi connectivity index (χ3v) is 2.98. The molecule has 0 aromatic heterocycles. The van der Waals surface area contributed by atoms with E-state index in [1.807, 2.05) is 0 Å². The maximum Gasteiger partial charge on any atom is -0.00585 e. The molecule has 2 atom stereocenters. The predicted octanol–water partition coefficient (Wildman–Crippen LogP) is 3.04. The van der Waals surface area contributed by atoms with Gasteiger partial charge in [-0.2, -0.15) is 0 Å². The number of allylic oxidation sites excluding steroid dienone is 1. The first-order valence-electron chi connectivity index (χ1n) is 3.45. The van der Waals surface area contributed by atoms with Crippen LogP contribution in [0, 0.1) is 0 Å². The SMILES string of the molecule is C=C(C)C(C)PC(C)C. The Labute approximate surface area is 60.5 Å². The van der Waals surface area contributed by atoms with E-state index in [0.717, 1.165) is 19.9 Å². The lowest BCUT2D eigenvalue weighted by Gasteiger charge is -2.13. The van der Waals surface area contributed by atoms with Crippen LogP contribution >= 0.6 is 8.58 Å². The number of hydrogen-bond donors (Lipinski definition) is 0. The Bertz CT molecular complexity index is 94.7. The van der Waals surface area contributed by atoms with Gasteiger partial charge in [0.15, 0.2) is 0 Å². The average molecular weight is 144 g/mol. The Morgan fingerprint density at radius 1 is 1.33 bits per heavy atom. The van der Waals surface area contributed by atoms with Gasteiger partial charge >= 0.3 is 0 Å². The first kappa shape index (κ1) is 9.17. The molecule has 0 amide bonds. The van der Waals surface area contributed by atoms with Crippen molar-refractivity contribution < 1.29 is 0 Å². The van der Waals surface area contributed by atoms with E-state index in [2.05, 4.69) is 34.3 Å². The molecule has 0 radical (unpaired) electrons. The summed E-state index contributed by atoms with van der Waals surface area (Å²) in [5.74, 6) is 0. The van der Waals surface area contributed by atoms with Gasteiger partial charge in [-0.25, -0.2) is 0 Å². The van der Waals surface area contributed by atoms with Crippen molar-refractivity contribution in [1.82, 2.24) is 0 Å². The largest absolute Gasteiger partial charge is 0.112 e. The smallest absolute Gasteiger partial charge is 0.00585 e. The molecule has 1 heteroatoms. The predicted molar refractivity (Wildman–Crippen MR) is 47.7 cm³/mol. The molecule has 0 saturated heterocycles. The van der Waals surface area contributed by atoms with E-state index >= 15 is 0 Å². The molecule has 0 aliphatic carbocycles. The lowest BCUT2D eigenvalue weighted by molar-refractivity contribution is 1.04. The Morgan fingerprint density at radius 3 is 1.89 bits per heavy atom. The second-order valence-electron chi connectivity index (χ2n) is 2.89. The van der Waals surface area contributed by atoms with E-state index in [-0.39, 0.29) is 0 Å². The van der Waals surface area contributed by atoms with Crippen molar-refractivity contribution in [2.24, 2.45) is 0 Å². The molecule has 2 unspecified atom stereocenters. The summed E-state index contributed by atoms with van der Waals surface area (Å²) in [6, 6.07) is 0. The number of hydrogen-bond acceptors (Lipinski definition) is 0. The minimum atomic E-state index is 0.727. The van der Waals surface area contributed by atoms with Gasteiger partial charge in [0.25, 0.3) is 0 Å². The Hall–Kier alpha value is 0.170. The van der Waals surface area contributed by atoms with Crippen LogP contribution in [0.3, 0.4) is 0 Å². The maximum absolute atomic E-state index is 3.92. The van der Waals surface area contributed by atoms with E-state index in [1.165, 1.54) is 5.57 Å². The lowest BCUT2D eigenvalue weighted by Crippen LogP contribution is -1.98. The highest BCUT2D eigenvalue weighted by Crippen LogP contribution is 2.28. The van der Waals surface area contributed by atoms with Crippen LogP contribution in [0.5, 0.6) is 0 Å². The number of rotatable bonds is 3. The van der Waals surface area contributed by atoms with E-state index in [1.54, 1.807) is 0 Å². The summed E-state index contributed by atoms with van der Waals surface area (Å²) < 4.78 is 0. The van der Waals surface area contributed by atoms with E-state index in [4.69, 9.17) is 0 Å². The van der Waals surface area contributed by atoms with Crippen LogP contribution in [-0.4, -0.2) is 11.3 Å². The molecule has 0 nitrogen and oxygen atoms in total. The molecule has 0 saturated carbocycles. The minimum Gasteiger partial charge on any atom is -0.112 e. The molecule has 0 aliphatic heterocycles. The summed E-state index contributed by atoms with van der Waals surface area (Å²) in [5, 5.41) is 0. The Morgan fingerprint density at radius 2 is 1.78 bits per heavy atom. The molecule has 0 aromatic carbocycles. The zero-order valence-electron chi connectivity index (χ0n) is 6.86. The summed E-state index contributed by atoms with van der Waals surface area (Å²) in [4.78, 5) is 0. The summed E-state index contributed by atoms with van der Waals surface area (Å²) in [7, 11) is 1.04. The van der Waals surface area contributed by atoms with E-state index < -0.39 is 0 Å². The molecule has 0 aliphatic rings. The van der Waals surface area contributed by atoms with Crippen molar-refractivity contribution in [2.75, 3.05) is 0 Å². The highest BCUT2D eigenvalue weighted by molar-refractivity contribution is 7.40. The van der Waals surface area contributed by atoms with Crippen LogP contribution in [-0.2, 0) is 0 Å². The zero-order chi connectivity index (χ0) is 7.44. The highest BCUT2D eigenvalue weighted by atomic mass is 31.1. The third kappa shape index (κ3) is 4.66. The van der Waals surface area contributed by atoms with Crippen LogP contribution in [0.25, 0.3) is 0 Å². The molecule has 0 spiro atoms. The normalized spacial score (nSPS) is 15.2. The fourth-order valence-electron chi connectivity index (χ4n) is 0.642. The maximum atomic E-state index is 3.92. The molecule has 54 valence electrons. The van der Waals surface area contributed by atoms with Gasteiger partial charge in [0.1, 0.15) is 0 Å². The van der Waals surface area contributed by atoms with Gasteiger partial charge < -0.3 is 0 Å². The summed E-state index contributed by atoms with van der Waals surface area (Å²) in [5.41, 5.74) is 2.88. The quantitative estimate of drug-likeness (QED) is 0.422. The molecular weight excluding hydrogens is 127 g/mol. The first-order valence-corrected chi connectivity index (χ1v) is 4.61. The van der Waals surface area contributed by atoms with Crippen LogP contribution in [0.15, 0.2) is 12.2 Å². The molecule has 9 heavy (non-hydrogen) atoms. The van der Waals surface area contributed by atoms with Gasteiger partial charge in [-0.05, 0) is 18.2 Å². The monoisotopic (exact) mass is 144 g/mol. The van der Waals surface area contributed by atoms with Gasteiger partial charge in [-0.3, -0.25) is 0 Å². The summed E-state index contributed by atoms with van der Waals surface area (Å²) >= 11 is 0. The second-order valence-corrected chi connectivity index (χ2v) is 5.24. The van der Waals surface area contributed by atoms with Gasteiger partial charge in [-0.1, -0.05) is 32.9 Å². The second kappa shape index (κ2) is 4.06. The standard InChI is InChI=1S/C8H17P/c1-6(2)8(5)9-7(3)4/h7-9H,1H2,2-5H3. The minimum absolute atomic E-state index is 0.727. The van der Waals surface area contributed by atoms with Gasteiger partial charge in [0, 0.05) is 0 Å². The fourth-order valence-corrected chi connectivity index (χ4v) is 1.93. The fraction of sp³-hybridized carbons (Fsp3) is 0.750. The molecule has 0 aromatic rings. The lowest BCUT2D eigenvalue weighted by atomic mass is 10.3. The zero-order valence-corrected chi connectivity index (χ0v) is 7.86. The molecule has 0 fully saturated rings. The van der Waals surface area contributed by atoms with Gasteiger partial charge in [-0.15, -0.1) is 8.58 Å². The molecule has 0 rings (SSSR count). The van der Waals surface area contributed by atoms with Crippen molar-refractivity contribution in [3.8, 4) is 0 Å². The van der Waals surface area contributed by atoms with Crippen LogP contribution < -0.4 is 0 Å². The topological polar surface area (TPSA) is 0 Å². The Kier molecular flexibility index (Phi) is 4.14. The Balaban J connectivity index is 3.50. The molecule has 0 bridgehead atoms.